The molecule has 0 atom stereocenters. The molecule has 0 bridgehead atoms. The molecule has 2 rings (SSSR count). The van der Waals surface area contributed by atoms with Gasteiger partial charge >= 0.3 is 0 Å². The molecule has 0 saturated heterocycles. The molecular weight excluding hydrogens is 248 g/mol. The molecule has 0 aromatic heterocycles. The van der Waals surface area contributed by atoms with E-state index in [1.54, 1.807) is 0 Å². The van der Waals surface area contributed by atoms with Crippen molar-refractivity contribution in [1.29, 1.82) is 0 Å². The van der Waals surface area contributed by atoms with Crippen LogP contribution in [-0.4, -0.2) is 33.5 Å². The highest BCUT2D eigenvalue weighted by atomic mass is 32.2. The van der Waals surface area contributed by atoms with Gasteiger partial charge in [-0.3, -0.25) is 0 Å². The van der Waals surface area contributed by atoms with E-state index in [2.05, 4.69) is 28.8 Å². The Balaban J connectivity index is 1.79. The zero-order valence-electron chi connectivity index (χ0n) is 10.7. The third-order valence-electron chi connectivity index (χ3n) is 3.12. The summed E-state index contributed by atoms with van der Waals surface area (Å²) in [5, 5.41) is 6.70. The van der Waals surface area contributed by atoms with Crippen LogP contribution < -0.4 is 10.6 Å². The Kier molecular flexibility index (Phi) is 4.24. The van der Waals surface area contributed by atoms with Crippen LogP contribution in [0.4, 0.5) is 5.69 Å². The Morgan fingerprint density at radius 1 is 1.39 bits per heavy atom. The van der Waals surface area contributed by atoms with Crippen LogP contribution in [0.3, 0.4) is 0 Å². The van der Waals surface area contributed by atoms with Crippen LogP contribution in [0, 0.1) is 0 Å². The normalized spacial score (nSPS) is 14.3. The number of para-hydroxylation sites is 1. The number of hydrogen-bond donors (Lipinski definition) is 2. The fourth-order valence-corrected chi connectivity index (χ4v) is 2.91. The summed E-state index contributed by atoms with van der Waals surface area (Å²) >= 11 is 0. The second-order valence-corrected chi connectivity index (χ2v) is 7.05. The number of fused-ring (bicyclic) bond motifs is 1. The molecule has 0 aliphatic carbocycles. The number of hydrogen-bond acceptors (Lipinski definition) is 4. The van der Waals surface area contributed by atoms with Gasteiger partial charge in [-0.1, -0.05) is 18.2 Å². The fraction of sp³-hybridized carbons (Fsp3) is 0.538. The van der Waals surface area contributed by atoms with Gasteiger partial charge in [0.05, 0.1) is 5.75 Å². The first-order valence-corrected chi connectivity index (χ1v) is 8.35. The summed E-state index contributed by atoms with van der Waals surface area (Å²) in [5.41, 5.74) is 3.91. The van der Waals surface area contributed by atoms with E-state index in [4.69, 9.17) is 0 Å². The molecule has 0 fully saturated rings. The van der Waals surface area contributed by atoms with Crippen molar-refractivity contribution in [3.63, 3.8) is 0 Å². The minimum Gasteiger partial charge on any atom is -0.384 e. The molecule has 1 aliphatic heterocycles. The van der Waals surface area contributed by atoms with Crippen molar-refractivity contribution in [2.75, 3.05) is 30.4 Å². The Hall–Kier alpha value is -1.07. The van der Waals surface area contributed by atoms with Crippen molar-refractivity contribution in [3.8, 4) is 0 Å². The first-order valence-electron chi connectivity index (χ1n) is 6.29. The molecule has 1 aliphatic rings. The number of sulfone groups is 1. The predicted octanol–water partition coefficient (Wildman–Crippen LogP) is 1.18. The van der Waals surface area contributed by atoms with Crippen molar-refractivity contribution in [2.45, 2.75) is 19.4 Å². The van der Waals surface area contributed by atoms with Crippen molar-refractivity contribution in [3.05, 3.63) is 29.3 Å². The number of rotatable bonds is 6. The largest absolute Gasteiger partial charge is 0.384 e. The Labute approximate surface area is 109 Å². The summed E-state index contributed by atoms with van der Waals surface area (Å²) in [6.45, 7) is 2.54. The summed E-state index contributed by atoms with van der Waals surface area (Å²) in [5.74, 6) is 0.255. The van der Waals surface area contributed by atoms with Gasteiger partial charge < -0.3 is 10.6 Å². The maximum Gasteiger partial charge on any atom is 0.147 e. The lowest BCUT2D eigenvalue weighted by molar-refractivity contribution is 0.594. The van der Waals surface area contributed by atoms with Crippen LogP contribution in [0.5, 0.6) is 0 Å². The molecule has 5 heteroatoms. The number of anilines is 1. The molecule has 0 spiro atoms. The Morgan fingerprint density at radius 2 is 2.22 bits per heavy atom. The van der Waals surface area contributed by atoms with Crippen molar-refractivity contribution in [1.82, 2.24) is 5.32 Å². The standard InChI is InChI=1S/C13H20N2O2S/c1-18(16,17)9-3-7-14-10-12-5-2-4-11-6-8-15-13(11)12/h2,4-5,14-15H,3,6-10H2,1H3. The van der Waals surface area contributed by atoms with Crippen molar-refractivity contribution in [2.24, 2.45) is 0 Å². The van der Waals surface area contributed by atoms with Gasteiger partial charge in [-0.15, -0.1) is 0 Å². The molecule has 100 valence electrons. The highest BCUT2D eigenvalue weighted by Gasteiger charge is 2.12. The van der Waals surface area contributed by atoms with Gasteiger partial charge in [0.2, 0.25) is 0 Å². The van der Waals surface area contributed by atoms with Gasteiger partial charge in [-0.05, 0) is 30.5 Å². The quantitative estimate of drug-likeness (QED) is 0.761. The van der Waals surface area contributed by atoms with Crippen LogP contribution in [0.15, 0.2) is 18.2 Å². The minimum atomic E-state index is -2.83. The third kappa shape index (κ3) is 3.71. The zero-order valence-corrected chi connectivity index (χ0v) is 11.5. The van der Waals surface area contributed by atoms with Crippen molar-refractivity contribution < 1.29 is 8.42 Å². The Morgan fingerprint density at radius 3 is 3.00 bits per heavy atom. The molecule has 0 saturated carbocycles. The Bertz CT molecular complexity index is 512. The maximum absolute atomic E-state index is 11.0. The van der Waals surface area contributed by atoms with Gasteiger partial charge in [0, 0.05) is 25.0 Å². The summed E-state index contributed by atoms with van der Waals surface area (Å²) in [6, 6.07) is 6.35. The molecule has 1 heterocycles. The molecule has 0 unspecified atom stereocenters. The highest BCUT2D eigenvalue weighted by molar-refractivity contribution is 7.90. The zero-order chi connectivity index (χ0) is 13.0. The SMILES string of the molecule is CS(=O)(=O)CCCNCc1cccc2c1NCC2. The van der Waals surface area contributed by atoms with Crippen molar-refractivity contribution >= 4 is 15.5 Å². The predicted molar refractivity (Wildman–Crippen MR) is 74.7 cm³/mol. The molecule has 0 amide bonds. The fourth-order valence-electron chi connectivity index (χ4n) is 2.24. The lowest BCUT2D eigenvalue weighted by Gasteiger charge is -2.09. The maximum atomic E-state index is 11.0. The van der Waals surface area contributed by atoms with Gasteiger partial charge in [-0.25, -0.2) is 8.42 Å². The lowest BCUT2D eigenvalue weighted by atomic mass is 10.1. The molecule has 2 N–H and O–H groups in total. The first kappa shape index (κ1) is 13.4. The van der Waals surface area contributed by atoms with Gasteiger partial charge in [0.15, 0.2) is 0 Å². The number of benzene rings is 1. The van der Waals surface area contributed by atoms with E-state index in [1.807, 2.05) is 0 Å². The van der Waals surface area contributed by atoms with Gasteiger partial charge in [0.25, 0.3) is 0 Å². The molecule has 1 aromatic carbocycles. The smallest absolute Gasteiger partial charge is 0.147 e. The monoisotopic (exact) mass is 268 g/mol. The summed E-state index contributed by atoms with van der Waals surface area (Å²) in [4.78, 5) is 0. The van der Waals surface area contributed by atoms with E-state index >= 15 is 0 Å². The van der Waals surface area contributed by atoms with Crippen LogP contribution >= 0.6 is 0 Å². The van der Waals surface area contributed by atoms with E-state index in [1.165, 1.54) is 23.1 Å². The molecule has 0 radical (unpaired) electrons. The van der Waals surface area contributed by atoms with E-state index in [-0.39, 0.29) is 5.75 Å². The first-order chi connectivity index (χ1) is 8.56. The van der Waals surface area contributed by atoms with Gasteiger partial charge in [0.1, 0.15) is 9.84 Å². The third-order valence-corrected chi connectivity index (χ3v) is 4.15. The van der Waals surface area contributed by atoms with E-state index in [0.29, 0.717) is 6.42 Å². The summed E-state index contributed by atoms with van der Waals surface area (Å²) < 4.78 is 22.0. The molecular formula is C13H20N2O2S. The summed E-state index contributed by atoms with van der Waals surface area (Å²) in [6.07, 6.45) is 3.04. The number of nitrogens with one attached hydrogen (secondary N) is 2. The molecule has 1 aromatic rings. The second-order valence-electron chi connectivity index (χ2n) is 4.79. The van der Waals surface area contributed by atoms with E-state index in [9.17, 15) is 8.42 Å². The highest BCUT2D eigenvalue weighted by Crippen LogP contribution is 2.25. The average Bonchev–Trinajstić information content (AvgIpc) is 2.75. The van der Waals surface area contributed by atoms with E-state index < -0.39 is 9.84 Å². The topological polar surface area (TPSA) is 58.2 Å². The molecule has 18 heavy (non-hydrogen) atoms. The van der Waals surface area contributed by atoms with E-state index in [0.717, 1.165) is 26.1 Å². The van der Waals surface area contributed by atoms with Crippen LogP contribution in [0.2, 0.25) is 0 Å². The molecule has 4 nitrogen and oxygen atoms in total. The van der Waals surface area contributed by atoms with Gasteiger partial charge in [-0.2, -0.15) is 0 Å². The lowest BCUT2D eigenvalue weighted by Crippen LogP contribution is -2.18. The van der Waals surface area contributed by atoms with Crippen LogP contribution in [-0.2, 0) is 22.8 Å². The minimum absolute atomic E-state index is 0.255. The second kappa shape index (κ2) is 5.71. The summed E-state index contributed by atoms with van der Waals surface area (Å²) in [7, 11) is -2.83. The van der Waals surface area contributed by atoms with Crippen LogP contribution in [0.25, 0.3) is 0 Å². The average molecular weight is 268 g/mol. The van der Waals surface area contributed by atoms with Crippen LogP contribution in [0.1, 0.15) is 17.5 Å².